The second-order valence-corrected chi connectivity index (χ2v) is 9.18. The first kappa shape index (κ1) is 20.2. The molecule has 29 heavy (non-hydrogen) atoms. The van der Waals surface area contributed by atoms with Crippen LogP contribution in [0.5, 0.6) is 0 Å². The lowest BCUT2D eigenvalue weighted by Gasteiger charge is -2.09. The van der Waals surface area contributed by atoms with Crippen LogP contribution in [0.15, 0.2) is 76.7 Å². The second kappa shape index (κ2) is 9.59. The zero-order chi connectivity index (χ0) is 20.1. The van der Waals surface area contributed by atoms with E-state index in [4.69, 9.17) is 9.73 Å². The molecule has 1 aliphatic rings. The Hall–Kier alpha value is -2.11. The van der Waals surface area contributed by atoms with Gasteiger partial charge >= 0.3 is 0 Å². The van der Waals surface area contributed by atoms with E-state index in [-0.39, 0.29) is 6.04 Å². The van der Waals surface area contributed by atoms with Gasteiger partial charge in [-0.05, 0) is 48.6 Å². The van der Waals surface area contributed by atoms with Gasteiger partial charge in [0.05, 0.1) is 6.04 Å². The number of hydrogen-bond donors (Lipinski definition) is 0. The Balaban J connectivity index is 1.35. The third kappa shape index (κ3) is 5.28. The summed E-state index contributed by atoms with van der Waals surface area (Å²) in [5, 5.41) is 0. The average Bonchev–Trinajstić information content (AvgIpc) is 3.39. The summed E-state index contributed by atoms with van der Waals surface area (Å²) in [7, 11) is 0. The van der Waals surface area contributed by atoms with E-state index in [9.17, 15) is 0 Å². The smallest absolute Gasteiger partial charge is 0.233 e. The van der Waals surface area contributed by atoms with E-state index in [2.05, 4.69) is 84.6 Å². The SMILES string of the molecule is CSc1ccc(Cn2cccc2C2=N[C@H](CSCc3ccc(C)cc3)CO2)cc1. The number of thioether (sulfide) groups is 2. The van der Waals surface area contributed by atoms with Gasteiger partial charge in [-0.15, -0.1) is 11.8 Å². The predicted octanol–water partition coefficient (Wildman–Crippen LogP) is 5.65. The quantitative estimate of drug-likeness (QED) is 0.439. The Morgan fingerprint density at radius 2 is 1.79 bits per heavy atom. The molecule has 0 bridgehead atoms. The molecule has 2 heterocycles. The number of benzene rings is 2. The van der Waals surface area contributed by atoms with Gasteiger partial charge < -0.3 is 9.30 Å². The van der Waals surface area contributed by atoms with Gasteiger partial charge in [-0.1, -0.05) is 42.0 Å². The molecule has 0 saturated heterocycles. The molecule has 3 aromatic rings. The van der Waals surface area contributed by atoms with Crippen LogP contribution in [-0.4, -0.2) is 35.1 Å². The van der Waals surface area contributed by atoms with Crippen LogP contribution in [0.25, 0.3) is 0 Å². The average molecular weight is 423 g/mol. The highest BCUT2D eigenvalue weighted by molar-refractivity contribution is 7.98. The first-order chi connectivity index (χ1) is 14.2. The molecule has 150 valence electrons. The van der Waals surface area contributed by atoms with E-state index in [0.717, 1.165) is 29.6 Å². The van der Waals surface area contributed by atoms with Crippen LogP contribution in [0.4, 0.5) is 0 Å². The van der Waals surface area contributed by atoms with Crippen molar-refractivity contribution in [2.75, 3.05) is 18.6 Å². The number of aromatic nitrogens is 1. The molecule has 0 saturated carbocycles. The third-order valence-corrected chi connectivity index (χ3v) is 6.87. The van der Waals surface area contributed by atoms with Crippen molar-refractivity contribution in [3.63, 3.8) is 0 Å². The topological polar surface area (TPSA) is 26.5 Å². The number of hydrogen-bond acceptors (Lipinski definition) is 4. The lowest BCUT2D eigenvalue weighted by Crippen LogP contribution is -2.11. The van der Waals surface area contributed by atoms with Crippen LogP contribution < -0.4 is 0 Å². The van der Waals surface area contributed by atoms with Crippen LogP contribution in [0, 0.1) is 6.92 Å². The Morgan fingerprint density at radius 1 is 1.03 bits per heavy atom. The first-order valence-corrected chi connectivity index (χ1v) is 12.2. The summed E-state index contributed by atoms with van der Waals surface area (Å²) in [6, 6.07) is 21.9. The molecule has 3 nitrogen and oxygen atoms in total. The summed E-state index contributed by atoms with van der Waals surface area (Å²) in [6.45, 7) is 3.62. The van der Waals surface area contributed by atoms with Crippen LogP contribution >= 0.6 is 23.5 Å². The van der Waals surface area contributed by atoms with Crippen molar-refractivity contribution in [3.05, 3.63) is 89.2 Å². The monoisotopic (exact) mass is 422 g/mol. The summed E-state index contributed by atoms with van der Waals surface area (Å²) < 4.78 is 8.17. The summed E-state index contributed by atoms with van der Waals surface area (Å²) in [5.41, 5.74) is 5.01. The summed E-state index contributed by atoms with van der Waals surface area (Å²) in [4.78, 5) is 6.14. The molecular formula is C24H26N2OS2. The highest BCUT2D eigenvalue weighted by Gasteiger charge is 2.22. The van der Waals surface area contributed by atoms with Crippen LogP contribution in [0.3, 0.4) is 0 Å². The molecule has 1 aliphatic heterocycles. The molecule has 0 radical (unpaired) electrons. The van der Waals surface area contributed by atoms with Crippen molar-refractivity contribution in [2.24, 2.45) is 4.99 Å². The number of nitrogens with zero attached hydrogens (tertiary/aromatic N) is 2. The van der Waals surface area contributed by atoms with Crippen LogP contribution in [-0.2, 0) is 17.0 Å². The highest BCUT2D eigenvalue weighted by atomic mass is 32.2. The lowest BCUT2D eigenvalue weighted by atomic mass is 10.2. The molecule has 5 heteroatoms. The van der Waals surface area contributed by atoms with Gasteiger partial charge in [0.2, 0.25) is 5.90 Å². The first-order valence-electron chi connectivity index (χ1n) is 9.83. The van der Waals surface area contributed by atoms with E-state index < -0.39 is 0 Å². The van der Waals surface area contributed by atoms with Gasteiger partial charge in [0.25, 0.3) is 0 Å². The van der Waals surface area contributed by atoms with Gasteiger partial charge in [0, 0.05) is 29.1 Å². The van der Waals surface area contributed by atoms with Gasteiger partial charge in [-0.2, -0.15) is 11.8 Å². The van der Waals surface area contributed by atoms with Gasteiger partial charge in [-0.25, -0.2) is 4.99 Å². The van der Waals surface area contributed by atoms with Crippen molar-refractivity contribution in [1.29, 1.82) is 0 Å². The minimum atomic E-state index is 0.227. The zero-order valence-corrected chi connectivity index (χ0v) is 18.5. The number of aliphatic imine (C=N–C) groups is 1. The van der Waals surface area contributed by atoms with Gasteiger partial charge in [-0.3, -0.25) is 0 Å². The van der Waals surface area contributed by atoms with E-state index in [1.165, 1.54) is 21.6 Å². The lowest BCUT2D eigenvalue weighted by molar-refractivity contribution is 0.323. The third-order valence-electron chi connectivity index (χ3n) is 4.97. The fourth-order valence-corrected chi connectivity index (χ4v) is 4.71. The fraction of sp³-hybridized carbons (Fsp3) is 0.292. The summed E-state index contributed by atoms with van der Waals surface area (Å²) >= 11 is 3.69. The van der Waals surface area contributed by atoms with E-state index in [1.807, 2.05) is 11.8 Å². The zero-order valence-electron chi connectivity index (χ0n) is 16.9. The highest BCUT2D eigenvalue weighted by Crippen LogP contribution is 2.21. The number of ether oxygens (including phenoxy) is 1. The van der Waals surface area contributed by atoms with Crippen molar-refractivity contribution in [3.8, 4) is 0 Å². The molecule has 0 N–H and O–H groups in total. The van der Waals surface area contributed by atoms with Crippen molar-refractivity contribution >= 4 is 29.4 Å². The largest absolute Gasteiger partial charge is 0.474 e. The minimum absolute atomic E-state index is 0.227. The van der Waals surface area contributed by atoms with E-state index in [0.29, 0.717) is 6.61 Å². The molecule has 0 fully saturated rings. The predicted molar refractivity (Wildman–Crippen MR) is 125 cm³/mol. The molecule has 0 spiro atoms. The van der Waals surface area contributed by atoms with Gasteiger partial charge in [0.15, 0.2) is 0 Å². The summed E-state index contributed by atoms with van der Waals surface area (Å²) in [6.07, 6.45) is 4.20. The van der Waals surface area contributed by atoms with Crippen LogP contribution in [0.1, 0.15) is 22.4 Å². The maximum absolute atomic E-state index is 5.96. The molecule has 0 amide bonds. The summed E-state index contributed by atoms with van der Waals surface area (Å²) in [5.74, 6) is 2.77. The minimum Gasteiger partial charge on any atom is -0.474 e. The van der Waals surface area contributed by atoms with E-state index in [1.54, 1.807) is 11.8 Å². The maximum atomic E-state index is 5.96. The Morgan fingerprint density at radius 3 is 2.55 bits per heavy atom. The Kier molecular flexibility index (Phi) is 6.67. The Labute approximate surface area is 181 Å². The van der Waals surface area contributed by atoms with Crippen molar-refractivity contribution in [2.45, 2.75) is 30.2 Å². The molecule has 2 aromatic carbocycles. The van der Waals surface area contributed by atoms with E-state index >= 15 is 0 Å². The molecule has 1 atom stereocenters. The number of aryl methyl sites for hydroxylation is 1. The van der Waals surface area contributed by atoms with Crippen LogP contribution in [0.2, 0.25) is 0 Å². The normalized spacial score (nSPS) is 15.9. The molecular weight excluding hydrogens is 396 g/mol. The molecule has 0 aliphatic carbocycles. The molecule has 0 unspecified atom stereocenters. The number of rotatable bonds is 8. The maximum Gasteiger partial charge on any atom is 0.233 e. The van der Waals surface area contributed by atoms with Crippen molar-refractivity contribution < 1.29 is 4.74 Å². The Bertz CT molecular complexity index is 961. The molecule has 4 rings (SSSR count). The molecule has 1 aromatic heterocycles. The fourth-order valence-electron chi connectivity index (χ4n) is 3.31. The second-order valence-electron chi connectivity index (χ2n) is 7.27. The van der Waals surface area contributed by atoms with Gasteiger partial charge in [0.1, 0.15) is 12.3 Å². The standard InChI is InChI=1S/C24H26N2OS2/c1-18-5-7-20(8-6-18)16-29-17-21-15-27-24(25-21)23-4-3-13-26(23)14-19-9-11-22(28-2)12-10-19/h3-13,21H,14-17H2,1-2H3/t21-/m0/s1. The van der Waals surface area contributed by atoms with Crippen molar-refractivity contribution in [1.82, 2.24) is 4.57 Å².